The average molecular weight is 1600 g/mol. The Kier molecular flexibility index (Phi) is 19.0. The number of aliphatic carboxylic acids is 1. The minimum Gasteiger partial charge on any atom is -0.481 e. The van der Waals surface area contributed by atoms with Crippen LogP contribution in [-0.2, 0) is 37.0 Å². The van der Waals surface area contributed by atoms with E-state index in [2.05, 4.69) is 413 Å². The second-order valence-corrected chi connectivity index (χ2v) is 32.3. The van der Waals surface area contributed by atoms with Gasteiger partial charge in [-0.1, -0.05) is 400 Å². The van der Waals surface area contributed by atoms with Gasteiger partial charge in [-0.2, -0.15) is 8.42 Å². The zero-order chi connectivity index (χ0) is 82.9. The lowest BCUT2D eigenvalue weighted by Gasteiger charge is -2.48. The van der Waals surface area contributed by atoms with Crippen LogP contribution in [-0.4, -0.2) is 43.7 Å². The molecule has 122 heavy (non-hydrogen) atoms. The molecule has 0 radical (unpaired) electrons. The van der Waals surface area contributed by atoms with Crippen LogP contribution in [0.5, 0.6) is 0 Å². The molecule has 0 amide bonds. The summed E-state index contributed by atoms with van der Waals surface area (Å²) in [6.07, 6.45) is 0. The Morgan fingerprint density at radius 2 is 0.426 bits per heavy atom. The van der Waals surface area contributed by atoms with E-state index in [0.29, 0.717) is 0 Å². The van der Waals surface area contributed by atoms with E-state index in [-0.39, 0.29) is 0 Å². The standard InChI is InChI=1S/C55H37NO.C55H35N.C2H4O2.H2O4S/c57-55(50-29-15-13-27-48(50)54(49-28-14-16-30-51(49)55)45-24-10-8-22-43(45)44-23-9-11-25-46(44)54)47-26-12-7-21-42(47)38-31-33-40(34-32-38)53-36-41(37-17-3-1-4-18-37)35-52(56-53)39-19-5-2-6-20-39;1-3-17-36(18-4-1)39-34-52(37-19-5-2-6-20-37)56-53(35-39)38-31-32-43-42-23-9-12-26-46(42)55(51(43)33-38)49-29-15-13-27-47(49)54(48-28-14-16-30-50(48)55)44-24-10-7-21-40(44)41-22-8-11-25-45(41)54;1-2(3)4;1-5(2,3)4/h1-36,57H;1-35H;1H3,(H,3,4);(H2,1,2,3,4). The summed E-state index contributed by atoms with van der Waals surface area (Å²) < 4.78 is 31.6. The topological polar surface area (TPSA) is 158 Å². The lowest BCUT2D eigenvalue weighted by molar-refractivity contribution is -0.134. The van der Waals surface area contributed by atoms with Crippen LogP contribution in [0.15, 0.2) is 431 Å². The van der Waals surface area contributed by atoms with Crippen molar-refractivity contribution in [3.05, 3.63) is 514 Å². The van der Waals surface area contributed by atoms with Crippen molar-refractivity contribution >= 4 is 16.4 Å². The number of carbonyl (C=O) groups is 1. The molecule has 0 saturated heterocycles. The first-order chi connectivity index (χ1) is 59.7. The third-order valence-electron chi connectivity index (χ3n) is 25.0. The second-order valence-electron chi connectivity index (χ2n) is 31.4. The number of fused-ring (bicyclic) bond motifs is 25. The maximum Gasteiger partial charge on any atom is 0.394 e. The van der Waals surface area contributed by atoms with Gasteiger partial charge in [-0.25, -0.2) is 9.97 Å². The summed E-state index contributed by atoms with van der Waals surface area (Å²) in [5.74, 6) is -0.833. The van der Waals surface area contributed by atoms with Crippen molar-refractivity contribution in [1.29, 1.82) is 0 Å². The molecule has 0 fully saturated rings. The summed E-state index contributed by atoms with van der Waals surface area (Å²) in [5, 5.41) is 21.1. The molecular formula is C112H78N2O7S. The fourth-order valence-electron chi connectivity index (χ4n) is 20.4. The number of nitrogens with zero attached hydrogens (tertiary/aromatic N) is 2. The lowest BCUT2D eigenvalue weighted by atomic mass is 9.52. The molecule has 23 rings (SSSR count). The number of carboxylic acids is 1. The number of pyridine rings is 2. The smallest absolute Gasteiger partial charge is 0.394 e. The Hall–Kier alpha value is -14.9. The SMILES string of the molecule is CC(=O)O.O=S(=O)(O)O.OC1(c2ccccc2-c2ccc(-c3cc(-c4ccccc4)cc(-c4ccccc4)n3)cc2)c2ccccc2C2(c3ccccc3-c3ccccc32)c2ccccc21.c1ccc(-c2cc(-c3ccccc3)nc(-c3ccc4c(c3)C3(c5ccccc5-4)c4ccccc4C4(c5ccccc5-c5ccccc54)c4ccccc43)c2)cc1. The van der Waals surface area contributed by atoms with Gasteiger partial charge >= 0.3 is 10.4 Å². The summed E-state index contributed by atoms with van der Waals surface area (Å²) >= 11 is 0. The van der Waals surface area contributed by atoms with Gasteiger partial charge in [0.15, 0.2) is 0 Å². The Morgan fingerprint density at radius 3 is 0.746 bits per heavy atom. The van der Waals surface area contributed by atoms with Crippen LogP contribution < -0.4 is 0 Å². The normalized spacial score (nSPS) is 13.8. The van der Waals surface area contributed by atoms with E-state index < -0.39 is 38.2 Å². The first-order valence-corrected chi connectivity index (χ1v) is 42.2. The molecular weight excluding hydrogens is 1520 g/mol. The van der Waals surface area contributed by atoms with E-state index in [9.17, 15) is 5.11 Å². The molecule has 0 bridgehead atoms. The number of rotatable bonds is 8. The van der Waals surface area contributed by atoms with Gasteiger partial charge in [-0.15, -0.1) is 0 Å². The fraction of sp³-hybridized carbons (Fsp3) is 0.0446. The molecule has 5 aliphatic rings. The summed E-state index contributed by atoms with van der Waals surface area (Å²) in [6, 6.07) is 156. The molecule has 9 nitrogen and oxygen atoms in total. The minimum atomic E-state index is -4.67. The van der Waals surface area contributed by atoms with Crippen LogP contribution in [0.25, 0.3) is 112 Å². The summed E-state index contributed by atoms with van der Waals surface area (Å²) in [5.41, 5.74) is 37.4. The second kappa shape index (κ2) is 30.5. The van der Waals surface area contributed by atoms with Gasteiger partial charge in [0.1, 0.15) is 5.60 Å². The number of benzene rings is 16. The van der Waals surface area contributed by atoms with Crippen molar-refractivity contribution in [2.45, 2.75) is 28.8 Å². The highest BCUT2D eigenvalue weighted by Gasteiger charge is 2.60. The zero-order valence-corrected chi connectivity index (χ0v) is 67.1. The van der Waals surface area contributed by atoms with Gasteiger partial charge in [0.05, 0.1) is 39.0 Å². The largest absolute Gasteiger partial charge is 0.481 e. The van der Waals surface area contributed by atoms with Crippen LogP contribution >= 0.6 is 0 Å². The Morgan fingerprint density at radius 1 is 0.221 bits per heavy atom. The van der Waals surface area contributed by atoms with Gasteiger partial charge in [0.25, 0.3) is 5.97 Å². The van der Waals surface area contributed by atoms with Crippen LogP contribution in [0.4, 0.5) is 0 Å². The molecule has 2 aromatic heterocycles. The third-order valence-corrected chi connectivity index (χ3v) is 25.0. The van der Waals surface area contributed by atoms with Gasteiger partial charge < -0.3 is 10.2 Å². The van der Waals surface area contributed by atoms with Crippen molar-refractivity contribution in [3.8, 4) is 112 Å². The first kappa shape index (κ1) is 75.8. The van der Waals surface area contributed by atoms with Crippen LogP contribution in [0.3, 0.4) is 0 Å². The molecule has 584 valence electrons. The molecule has 0 saturated carbocycles. The third kappa shape index (κ3) is 12.3. The highest BCUT2D eigenvalue weighted by Crippen LogP contribution is 2.69. The monoisotopic (exact) mass is 1590 g/mol. The Balaban J connectivity index is 0.000000141. The molecule has 5 aliphatic carbocycles. The predicted octanol–water partition coefficient (Wildman–Crippen LogP) is 25.3. The van der Waals surface area contributed by atoms with Gasteiger partial charge in [0, 0.05) is 34.7 Å². The summed E-state index contributed by atoms with van der Waals surface area (Å²) in [7, 11) is -4.67. The number of carboxylic acid groups (broad SMARTS) is 1. The number of hydrogen-bond acceptors (Lipinski definition) is 6. The average Bonchev–Trinajstić information content (AvgIpc) is 1.47. The van der Waals surface area contributed by atoms with Crippen LogP contribution in [0.1, 0.15) is 90.4 Å². The van der Waals surface area contributed by atoms with Crippen LogP contribution in [0, 0.1) is 0 Å². The molecule has 0 unspecified atom stereocenters. The molecule has 0 atom stereocenters. The predicted molar refractivity (Wildman–Crippen MR) is 488 cm³/mol. The van der Waals surface area contributed by atoms with Gasteiger partial charge in [-0.05, 0) is 175 Å². The van der Waals surface area contributed by atoms with E-state index in [1.165, 1.54) is 94.6 Å². The Labute approximate surface area is 708 Å². The number of aliphatic hydroxyl groups is 1. The molecule has 18 aromatic rings. The highest BCUT2D eigenvalue weighted by molar-refractivity contribution is 7.79. The summed E-state index contributed by atoms with van der Waals surface area (Å²) in [6.45, 7) is 1.08. The molecule has 10 heteroatoms. The van der Waals surface area contributed by atoms with Crippen molar-refractivity contribution in [2.24, 2.45) is 0 Å². The van der Waals surface area contributed by atoms with E-state index in [0.717, 1.165) is 108 Å². The summed E-state index contributed by atoms with van der Waals surface area (Å²) in [4.78, 5) is 19.6. The highest BCUT2D eigenvalue weighted by atomic mass is 32.3. The van der Waals surface area contributed by atoms with Gasteiger partial charge in [0.2, 0.25) is 0 Å². The molecule has 3 spiro atoms. The van der Waals surface area contributed by atoms with E-state index in [4.69, 9.17) is 37.4 Å². The van der Waals surface area contributed by atoms with E-state index in [1.54, 1.807) is 0 Å². The molecule has 4 N–H and O–H groups in total. The maximum atomic E-state index is 13.7. The molecule has 0 aliphatic heterocycles. The van der Waals surface area contributed by atoms with E-state index >= 15 is 0 Å². The molecule has 16 aromatic carbocycles. The fourth-order valence-corrected chi connectivity index (χ4v) is 20.4. The quantitative estimate of drug-likeness (QED) is 0.109. The molecule has 2 heterocycles. The van der Waals surface area contributed by atoms with Crippen molar-refractivity contribution < 1.29 is 32.5 Å². The lowest BCUT2D eigenvalue weighted by Crippen LogP contribution is -2.44. The minimum absolute atomic E-state index is 0.461. The number of hydrogen-bond donors (Lipinski definition) is 4. The van der Waals surface area contributed by atoms with Gasteiger partial charge in [-0.3, -0.25) is 13.9 Å². The van der Waals surface area contributed by atoms with E-state index in [1.807, 2.05) is 18.2 Å². The van der Waals surface area contributed by atoms with Crippen LogP contribution in [0.2, 0.25) is 0 Å². The Bertz CT molecular complexity index is 6940. The first-order valence-electron chi connectivity index (χ1n) is 40.8. The maximum absolute atomic E-state index is 13.7. The van der Waals surface area contributed by atoms with Crippen molar-refractivity contribution in [3.63, 3.8) is 0 Å². The number of aromatic nitrogens is 2. The zero-order valence-electron chi connectivity index (χ0n) is 66.3. The van der Waals surface area contributed by atoms with Crippen molar-refractivity contribution in [1.82, 2.24) is 9.97 Å². The van der Waals surface area contributed by atoms with Crippen molar-refractivity contribution in [2.75, 3.05) is 0 Å².